The monoisotopic (exact) mass is 477 g/mol. The number of benzene rings is 3. The number of nitrogens with zero attached hydrogens (tertiary/aromatic N) is 1. The summed E-state index contributed by atoms with van der Waals surface area (Å²) in [6.07, 6.45) is 2.99. The highest BCUT2D eigenvalue weighted by atomic mass is 32.1. The molecule has 3 heteroatoms. The highest BCUT2D eigenvalue weighted by Gasteiger charge is 2.22. The van der Waals surface area contributed by atoms with Crippen molar-refractivity contribution in [2.45, 2.75) is 53.4 Å². The predicted octanol–water partition coefficient (Wildman–Crippen LogP) is 9.82. The Morgan fingerprint density at radius 2 is 1.63 bits per heavy atom. The van der Waals surface area contributed by atoms with E-state index in [4.69, 9.17) is 9.40 Å². The average molecular weight is 478 g/mol. The van der Waals surface area contributed by atoms with Crippen LogP contribution >= 0.6 is 11.3 Å². The number of aryl methyl sites for hydroxylation is 1. The molecule has 2 nitrogen and oxygen atoms in total. The van der Waals surface area contributed by atoms with Crippen molar-refractivity contribution >= 4 is 53.3 Å². The molecule has 0 unspecified atom stereocenters. The highest BCUT2D eigenvalue weighted by Crippen LogP contribution is 2.44. The summed E-state index contributed by atoms with van der Waals surface area (Å²) < 4.78 is 8.85. The van der Waals surface area contributed by atoms with Gasteiger partial charge >= 0.3 is 0 Å². The summed E-state index contributed by atoms with van der Waals surface area (Å²) in [4.78, 5) is 4.92. The predicted molar refractivity (Wildman–Crippen MR) is 152 cm³/mol. The first-order chi connectivity index (χ1) is 16.7. The first-order valence-corrected chi connectivity index (χ1v) is 13.3. The van der Waals surface area contributed by atoms with E-state index in [0.717, 1.165) is 23.5 Å². The maximum absolute atomic E-state index is 6.40. The van der Waals surface area contributed by atoms with Gasteiger partial charge in [0.1, 0.15) is 5.76 Å². The Morgan fingerprint density at radius 1 is 0.886 bits per heavy atom. The number of rotatable bonds is 3. The van der Waals surface area contributed by atoms with E-state index in [-0.39, 0.29) is 5.41 Å². The van der Waals surface area contributed by atoms with Crippen LogP contribution in [0.25, 0.3) is 53.2 Å². The van der Waals surface area contributed by atoms with Gasteiger partial charge in [0, 0.05) is 33.5 Å². The molecule has 3 aromatic heterocycles. The maximum Gasteiger partial charge on any atom is 0.152 e. The van der Waals surface area contributed by atoms with Gasteiger partial charge in [0.15, 0.2) is 5.58 Å². The number of hydrogen-bond donors (Lipinski definition) is 0. The Balaban J connectivity index is 1.64. The van der Waals surface area contributed by atoms with Crippen LogP contribution in [0.5, 0.6) is 0 Å². The van der Waals surface area contributed by atoms with Gasteiger partial charge in [0.05, 0.1) is 15.1 Å². The normalized spacial score (nSPS) is 12.7. The SMILES string of the molecule is Cc1oc2c(ccc3c4ccnc(-c5cc(C(C)(C)C)c6ccccc6c5)c4sc32)c1CC(C)C. The lowest BCUT2D eigenvalue weighted by Crippen LogP contribution is -2.12. The van der Waals surface area contributed by atoms with Crippen LogP contribution in [0.2, 0.25) is 0 Å². The Morgan fingerprint density at radius 3 is 2.40 bits per heavy atom. The zero-order valence-corrected chi connectivity index (χ0v) is 22.1. The number of furan rings is 1. The second-order valence-electron chi connectivity index (χ2n) is 11.2. The second kappa shape index (κ2) is 7.93. The van der Waals surface area contributed by atoms with Gasteiger partial charge in [-0.2, -0.15) is 0 Å². The standard InChI is InChI=1S/C32H31NOS/c1-18(2)15-26-19(3)34-29-23(26)11-12-24-25-13-14-33-28(30(25)35-31(24)29)21-16-20-9-7-8-10-22(20)27(17-21)32(4,5)6/h7-14,16-18H,15H2,1-6H3. The molecule has 0 N–H and O–H groups in total. The van der Waals surface area contributed by atoms with Crippen molar-refractivity contribution in [3.63, 3.8) is 0 Å². The zero-order chi connectivity index (χ0) is 24.5. The Labute approximate surface area is 210 Å². The van der Waals surface area contributed by atoms with E-state index in [1.807, 2.05) is 17.5 Å². The minimum absolute atomic E-state index is 0.0361. The van der Waals surface area contributed by atoms with E-state index in [1.54, 1.807) is 0 Å². The molecule has 3 heterocycles. The molecule has 0 saturated heterocycles. The summed E-state index contributed by atoms with van der Waals surface area (Å²) in [6, 6.07) is 20.0. The lowest BCUT2D eigenvalue weighted by molar-refractivity contribution is 0.562. The van der Waals surface area contributed by atoms with Gasteiger partial charge in [0.2, 0.25) is 0 Å². The molecule has 0 aliphatic carbocycles. The molecule has 0 fully saturated rings. The fraction of sp³-hybridized carbons (Fsp3) is 0.281. The van der Waals surface area contributed by atoms with Crippen LogP contribution in [-0.4, -0.2) is 4.98 Å². The van der Waals surface area contributed by atoms with Crippen LogP contribution in [0.3, 0.4) is 0 Å². The highest BCUT2D eigenvalue weighted by molar-refractivity contribution is 7.27. The topological polar surface area (TPSA) is 26.0 Å². The number of hydrogen-bond acceptors (Lipinski definition) is 3. The molecular weight excluding hydrogens is 446 g/mol. The summed E-state index contributed by atoms with van der Waals surface area (Å²) in [5, 5.41) is 6.34. The molecule has 0 radical (unpaired) electrons. The van der Waals surface area contributed by atoms with Crippen molar-refractivity contribution < 1.29 is 4.42 Å². The summed E-state index contributed by atoms with van der Waals surface area (Å²) in [5.41, 5.74) is 5.99. The summed E-state index contributed by atoms with van der Waals surface area (Å²) in [6.45, 7) is 13.5. The molecule has 6 rings (SSSR count). The van der Waals surface area contributed by atoms with E-state index in [0.29, 0.717) is 5.92 Å². The number of thiophene rings is 1. The van der Waals surface area contributed by atoms with Crippen molar-refractivity contribution in [1.29, 1.82) is 0 Å². The van der Waals surface area contributed by atoms with E-state index >= 15 is 0 Å². The Hall–Kier alpha value is -3.17. The molecule has 0 aliphatic rings. The minimum atomic E-state index is 0.0361. The molecule has 0 atom stereocenters. The average Bonchev–Trinajstić information content (AvgIpc) is 3.35. The molecule has 0 spiro atoms. The van der Waals surface area contributed by atoms with Gasteiger partial charge in [-0.05, 0) is 59.2 Å². The smallest absolute Gasteiger partial charge is 0.152 e. The Kier molecular flexibility index (Phi) is 5.05. The van der Waals surface area contributed by atoms with Crippen molar-refractivity contribution in [3.8, 4) is 11.3 Å². The second-order valence-corrected chi connectivity index (χ2v) is 12.2. The van der Waals surface area contributed by atoms with Gasteiger partial charge in [-0.3, -0.25) is 4.98 Å². The van der Waals surface area contributed by atoms with Crippen LogP contribution in [-0.2, 0) is 11.8 Å². The summed E-state index contributed by atoms with van der Waals surface area (Å²) >= 11 is 1.82. The van der Waals surface area contributed by atoms with Crippen molar-refractivity contribution in [1.82, 2.24) is 4.98 Å². The molecule has 35 heavy (non-hydrogen) atoms. The molecule has 0 amide bonds. The third-order valence-electron chi connectivity index (χ3n) is 7.07. The van der Waals surface area contributed by atoms with E-state index in [1.165, 1.54) is 53.0 Å². The maximum atomic E-state index is 6.40. The summed E-state index contributed by atoms with van der Waals surface area (Å²) in [7, 11) is 0. The lowest BCUT2D eigenvalue weighted by atomic mass is 9.82. The van der Waals surface area contributed by atoms with Crippen LogP contribution in [0.1, 0.15) is 51.5 Å². The van der Waals surface area contributed by atoms with Gasteiger partial charge in [-0.25, -0.2) is 0 Å². The van der Waals surface area contributed by atoms with E-state index in [9.17, 15) is 0 Å². The molecule has 176 valence electrons. The fourth-order valence-corrected chi connectivity index (χ4v) is 6.71. The van der Waals surface area contributed by atoms with Crippen molar-refractivity contribution in [2.24, 2.45) is 5.92 Å². The van der Waals surface area contributed by atoms with E-state index in [2.05, 4.69) is 96.1 Å². The molecule has 0 saturated carbocycles. The van der Waals surface area contributed by atoms with Crippen LogP contribution in [0.4, 0.5) is 0 Å². The molecule has 0 bridgehead atoms. The molecular formula is C32H31NOS. The van der Waals surface area contributed by atoms with Crippen LogP contribution < -0.4 is 0 Å². The van der Waals surface area contributed by atoms with Gasteiger partial charge in [-0.15, -0.1) is 11.3 Å². The zero-order valence-electron chi connectivity index (χ0n) is 21.3. The van der Waals surface area contributed by atoms with E-state index < -0.39 is 0 Å². The molecule has 0 aliphatic heterocycles. The van der Waals surface area contributed by atoms with Gasteiger partial charge in [0.25, 0.3) is 0 Å². The largest absolute Gasteiger partial charge is 0.460 e. The lowest BCUT2D eigenvalue weighted by Gasteiger charge is -2.22. The molecule has 3 aromatic carbocycles. The number of pyridine rings is 1. The number of aromatic nitrogens is 1. The Bertz CT molecular complexity index is 1740. The molecule has 6 aromatic rings. The van der Waals surface area contributed by atoms with Crippen LogP contribution in [0, 0.1) is 12.8 Å². The van der Waals surface area contributed by atoms with Crippen LogP contribution in [0.15, 0.2) is 65.2 Å². The first kappa shape index (κ1) is 22.3. The fourth-order valence-electron chi connectivity index (χ4n) is 5.42. The summed E-state index contributed by atoms with van der Waals surface area (Å²) in [5.74, 6) is 1.63. The number of fused-ring (bicyclic) bond motifs is 6. The quantitative estimate of drug-likeness (QED) is 0.253. The third kappa shape index (κ3) is 3.56. The van der Waals surface area contributed by atoms with Gasteiger partial charge in [-0.1, -0.05) is 71.0 Å². The van der Waals surface area contributed by atoms with Gasteiger partial charge < -0.3 is 4.42 Å². The van der Waals surface area contributed by atoms with Crippen molar-refractivity contribution in [3.05, 3.63) is 77.7 Å². The third-order valence-corrected chi connectivity index (χ3v) is 8.30. The minimum Gasteiger partial charge on any atom is -0.460 e. The van der Waals surface area contributed by atoms with Crippen molar-refractivity contribution in [2.75, 3.05) is 0 Å². The first-order valence-electron chi connectivity index (χ1n) is 12.5.